The molecule has 1 aromatic rings. The van der Waals surface area contributed by atoms with Gasteiger partial charge in [-0.05, 0) is 80.4 Å². The fraction of sp³-hybridized carbons (Fsp3) is 0.720. The Morgan fingerprint density at radius 1 is 0.889 bits per heavy atom. The molecule has 0 spiro atoms. The number of carbonyl (C=O) groups excluding carboxylic acids is 1. The minimum atomic E-state index is -0.0159. The van der Waals surface area contributed by atoms with Crippen LogP contribution in [0.1, 0.15) is 102 Å². The number of carbonyl (C=O) groups is 1. The van der Waals surface area contributed by atoms with Gasteiger partial charge in [-0.1, -0.05) is 58.1 Å². The van der Waals surface area contributed by atoms with Crippen LogP contribution in [0.2, 0.25) is 0 Å². The minimum Gasteiger partial charge on any atom is -0.426 e. The molecule has 1 aromatic carbocycles. The number of hydrogen-bond acceptors (Lipinski definition) is 2. The second kappa shape index (κ2) is 10.3. The highest BCUT2D eigenvalue weighted by Gasteiger charge is 2.30. The zero-order chi connectivity index (χ0) is 19.1. The molecule has 2 heteroatoms. The first-order valence-electron chi connectivity index (χ1n) is 11.5. The largest absolute Gasteiger partial charge is 0.426 e. The molecule has 27 heavy (non-hydrogen) atoms. The van der Waals surface area contributed by atoms with Gasteiger partial charge < -0.3 is 4.74 Å². The third-order valence-electron chi connectivity index (χ3n) is 6.95. The van der Waals surface area contributed by atoms with Crippen LogP contribution in [-0.2, 0) is 4.79 Å². The molecular formula is C25H38O2. The van der Waals surface area contributed by atoms with Gasteiger partial charge >= 0.3 is 5.97 Å². The van der Waals surface area contributed by atoms with Crippen molar-refractivity contribution in [1.29, 1.82) is 0 Å². The lowest BCUT2D eigenvalue weighted by molar-refractivity contribution is -0.138. The van der Waals surface area contributed by atoms with Crippen LogP contribution < -0.4 is 4.74 Å². The molecule has 150 valence electrons. The van der Waals surface area contributed by atoms with Crippen molar-refractivity contribution in [1.82, 2.24) is 0 Å². The lowest BCUT2D eigenvalue weighted by atomic mass is 9.77. The van der Waals surface area contributed by atoms with Gasteiger partial charge in [0.05, 0.1) is 5.92 Å². The summed E-state index contributed by atoms with van der Waals surface area (Å²) in [7, 11) is 0. The van der Waals surface area contributed by atoms with Crippen molar-refractivity contribution < 1.29 is 9.53 Å². The predicted molar refractivity (Wildman–Crippen MR) is 112 cm³/mol. The van der Waals surface area contributed by atoms with E-state index in [2.05, 4.69) is 26.0 Å². The van der Waals surface area contributed by atoms with Gasteiger partial charge in [-0.2, -0.15) is 0 Å². The molecule has 0 N–H and O–H groups in total. The minimum absolute atomic E-state index is 0.0159. The molecule has 2 atom stereocenters. The molecule has 0 bridgehead atoms. The first-order chi connectivity index (χ1) is 13.2. The van der Waals surface area contributed by atoms with Crippen LogP contribution >= 0.6 is 0 Å². The molecule has 0 radical (unpaired) electrons. The summed E-state index contributed by atoms with van der Waals surface area (Å²) in [5.74, 6) is 3.18. The molecule has 2 saturated carbocycles. The summed E-state index contributed by atoms with van der Waals surface area (Å²) in [6.45, 7) is 4.51. The van der Waals surface area contributed by atoms with E-state index in [0.29, 0.717) is 5.92 Å². The van der Waals surface area contributed by atoms with Crippen molar-refractivity contribution in [3.05, 3.63) is 29.8 Å². The van der Waals surface area contributed by atoms with Crippen LogP contribution in [0.25, 0.3) is 0 Å². The summed E-state index contributed by atoms with van der Waals surface area (Å²) in [6, 6.07) is 8.39. The van der Waals surface area contributed by atoms with Crippen LogP contribution in [0.15, 0.2) is 24.3 Å². The summed E-state index contributed by atoms with van der Waals surface area (Å²) >= 11 is 0. The first kappa shape index (κ1) is 20.4. The third-order valence-corrected chi connectivity index (χ3v) is 6.95. The van der Waals surface area contributed by atoms with Crippen molar-refractivity contribution in [2.75, 3.05) is 0 Å². The summed E-state index contributed by atoms with van der Waals surface area (Å²) in [5.41, 5.74) is 1.42. The second-order valence-corrected chi connectivity index (χ2v) is 9.01. The maximum atomic E-state index is 12.5. The molecule has 2 fully saturated rings. The number of esters is 1. The van der Waals surface area contributed by atoms with Crippen molar-refractivity contribution in [3.8, 4) is 5.75 Å². The Kier molecular flexibility index (Phi) is 7.79. The molecule has 0 saturated heterocycles. The molecular weight excluding hydrogens is 332 g/mol. The zero-order valence-electron chi connectivity index (χ0n) is 17.4. The average Bonchev–Trinajstić information content (AvgIpc) is 3.17. The van der Waals surface area contributed by atoms with E-state index in [4.69, 9.17) is 4.74 Å². The van der Waals surface area contributed by atoms with Gasteiger partial charge in [0.15, 0.2) is 0 Å². The lowest BCUT2D eigenvalue weighted by Gasteiger charge is -2.28. The Morgan fingerprint density at radius 2 is 1.59 bits per heavy atom. The highest BCUT2D eigenvalue weighted by molar-refractivity contribution is 5.75. The smallest absolute Gasteiger partial charge is 0.314 e. The maximum absolute atomic E-state index is 12.5. The van der Waals surface area contributed by atoms with Gasteiger partial charge in [0.1, 0.15) is 5.75 Å². The molecule has 3 rings (SSSR count). The standard InChI is InChI=1S/C25H38O2/c1-3-5-7-19-8-11-21(12-9-19)22-14-16-24(17-15-22)27-25(26)23-13-10-20(18-23)6-4-2/h14-17,19-21,23H,3-13,18H2,1-2H3/t19?,20-,21?,23-/m1/s1. The van der Waals surface area contributed by atoms with E-state index in [1.807, 2.05) is 12.1 Å². The number of unbranched alkanes of at least 4 members (excludes halogenated alkanes) is 1. The topological polar surface area (TPSA) is 26.3 Å². The molecule has 0 aliphatic heterocycles. The van der Waals surface area contributed by atoms with Crippen LogP contribution in [0.5, 0.6) is 5.75 Å². The molecule has 0 aromatic heterocycles. The quantitative estimate of drug-likeness (QED) is 0.355. The average molecular weight is 371 g/mol. The van der Waals surface area contributed by atoms with Crippen molar-refractivity contribution in [2.45, 2.75) is 96.8 Å². The Balaban J connectivity index is 1.46. The Morgan fingerprint density at radius 3 is 2.26 bits per heavy atom. The van der Waals surface area contributed by atoms with E-state index in [1.54, 1.807) is 0 Å². The lowest BCUT2D eigenvalue weighted by Crippen LogP contribution is -2.18. The predicted octanol–water partition coefficient (Wildman–Crippen LogP) is 7.27. The first-order valence-corrected chi connectivity index (χ1v) is 11.5. The highest BCUT2D eigenvalue weighted by atomic mass is 16.5. The van der Waals surface area contributed by atoms with Gasteiger partial charge in [0, 0.05) is 0 Å². The second-order valence-electron chi connectivity index (χ2n) is 9.01. The van der Waals surface area contributed by atoms with Gasteiger partial charge in [-0.15, -0.1) is 0 Å². The van der Waals surface area contributed by atoms with Gasteiger partial charge in [0.2, 0.25) is 0 Å². The fourth-order valence-corrected chi connectivity index (χ4v) is 5.24. The monoisotopic (exact) mass is 370 g/mol. The normalized spacial score (nSPS) is 28.2. The van der Waals surface area contributed by atoms with E-state index in [9.17, 15) is 4.79 Å². The van der Waals surface area contributed by atoms with Crippen molar-refractivity contribution in [3.63, 3.8) is 0 Å². The fourth-order valence-electron chi connectivity index (χ4n) is 5.24. The molecule has 2 aliphatic rings. The number of rotatable bonds is 8. The van der Waals surface area contributed by atoms with Crippen molar-refractivity contribution >= 4 is 5.97 Å². The Bertz CT molecular complexity index is 568. The Hall–Kier alpha value is -1.31. The van der Waals surface area contributed by atoms with Gasteiger partial charge in [-0.3, -0.25) is 4.79 Å². The maximum Gasteiger partial charge on any atom is 0.314 e. The van der Waals surface area contributed by atoms with E-state index < -0.39 is 0 Å². The zero-order valence-corrected chi connectivity index (χ0v) is 17.4. The van der Waals surface area contributed by atoms with Gasteiger partial charge in [-0.25, -0.2) is 0 Å². The van der Waals surface area contributed by atoms with Crippen LogP contribution in [0.3, 0.4) is 0 Å². The summed E-state index contributed by atoms with van der Waals surface area (Å²) in [6.07, 6.45) is 15.2. The Labute approximate surface area is 166 Å². The van der Waals surface area contributed by atoms with E-state index in [0.717, 1.165) is 30.4 Å². The highest BCUT2D eigenvalue weighted by Crippen LogP contribution is 2.38. The summed E-state index contributed by atoms with van der Waals surface area (Å²) in [5, 5.41) is 0. The van der Waals surface area contributed by atoms with E-state index in [-0.39, 0.29) is 11.9 Å². The number of ether oxygens (including phenoxy) is 1. The van der Waals surface area contributed by atoms with E-state index in [1.165, 1.54) is 69.8 Å². The number of benzene rings is 1. The SMILES string of the molecule is CCCCC1CCC(c2ccc(OC(=O)[C@@H]3CC[C@@H](CCC)C3)cc2)CC1. The van der Waals surface area contributed by atoms with Crippen LogP contribution in [-0.4, -0.2) is 5.97 Å². The summed E-state index contributed by atoms with van der Waals surface area (Å²) < 4.78 is 5.69. The van der Waals surface area contributed by atoms with Crippen LogP contribution in [0.4, 0.5) is 0 Å². The van der Waals surface area contributed by atoms with Crippen LogP contribution in [0, 0.1) is 17.8 Å². The number of hydrogen-bond donors (Lipinski definition) is 0. The molecule has 0 unspecified atom stereocenters. The van der Waals surface area contributed by atoms with Crippen molar-refractivity contribution in [2.24, 2.45) is 17.8 Å². The van der Waals surface area contributed by atoms with Gasteiger partial charge in [0.25, 0.3) is 0 Å². The molecule has 2 aliphatic carbocycles. The van der Waals surface area contributed by atoms with E-state index >= 15 is 0 Å². The molecule has 0 heterocycles. The molecule has 0 amide bonds. The third kappa shape index (κ3) is 5.83. The summed E-state index contributed by atoms with van der Waals surface area (Å²) in [4.78, 5) is 12.5. The molecule has 2 nitrogen and oxygen atoms in total.